The third-order valence-electron chi connectivity index (χ3n) is 5.36. The van der Waals surface area contributed by atoms with Crippen LogP contribution in [0.3, 0.4) is 0 Å². The van der Waals surface area contributed by atoms with Crippen LogP contribution in [0.4, 0.5) is 5.69 Å². The first-order valence-electron chi connectivity index (χ1n) is 10.7. The van der Waals surface area contributed by atoms with Crippen LogP contribution in [-0.4, -0.2) is 24.0 Å². The van der Waals surface area contributed by atoms with Crippen molar-refractivity contribution < 1.29 is 9.66 Å². The lowest BCUT2D eigenvalue weighted by Gasteiger charge is -2.10. The first-order chi connectivity index (χ1) is 16.4. The Bertz CT molecular complexity index is 1460. The first kappa shape index (κ1) is 23.2. The minimum Gasteiger partial charge on any atom is -0.479 e. The fraction of sp³-hybridized carbons (Fsp3) is 0.261. The molecule has 1 N–H and O–H groups in total. The highest BCUT2D eigenvalue weighted by atomic mass is 35.5. The molecule has 0 aliphatic heterocycles. The molecule has 2 heterocycles. The highest BCUT2D eigenvalue weighted by Gasteiger charge is 2.21. The van der Waals surface area contributed by atoms with Gasteiger partial charge in [-0.05, 0) is 24.1 Å². The van der Waals surface area contributed by atoms with E-state index in [9.17, 15) is 19.7 Å². The van der Waals surface area contributed by atoms with Gasteiger partial charge in [0, 0.05) is 17.6 Å². The second kappa shape index (κ2) is 9.92. The highest BCUT2D eigenvalue weighted by molar-refractivity contribution is 6.30. The van der Waals surface area contributed by atoms with E-state index in [1.165, 1.54) is 22.8 Å². The van der Waals surface area contributed by atoms with Crippen LogP contribution in [0.2, 0.25) is 5.02 Å². The summed E-state index contributed by atoms with van der Waals surface area (Å²) in [6, 6.07) is 13.5. The van der Waals surface area contributed by atoms with Crippen molar-refractivity contribution in [3.63, 3.8) is 0 Å². The molecule has 176 valence electrons. The van der Waals surface area contributed by atoms with Gasteiger partial charge in [-0.1, -0.05) is 55.3 Å². The number of ether oxygens (including phenoxy) is 1. The number of nitro groups is 1. The molecule has 2 aromatic heterocycles. The van der Waals surface area contributed by atoms with Gasteiger partial charge in [0.1, 0.15) is 12.4 Å². The number of fused-ring (bicyclic) bond motifs is 1. The van der Waals surface area contributed by atoms with E-state index in [0.717, 1.165) is 18.4 Å². The smallest absolute Gasteiger partial charge is 0.330 e. The number of benzene rings is 2. The summed E-state index contributed by atoms with van der Waals surface area (Å²) in [6.07, 6.45) is 1.63. The lowest BCUT2D eigenvalue weighted by atomic mass is 10.2. The summed E-state index contributed by atoms with van der Waals surface area (Å²) < 4.78 is 8.85. The van der Waals surface area contributed by atoms with E-state index in [1.807, 2.05) is 37.3 Å². The molecular formula is C23H22ClN5O5. The summed E-state index contributed by atoms with van der Waals surface area (Å²) in [4.78, 5) is 43.2. The van der Waals surface area contributed by atoms with Crippen LogP contribution >= 0.6 is 11.6 Å². The Balaban J connectivity index is 1.79. The minimum atomic E-state index is -0.580. The number of imidazole rings is 1. The van der Waals surface area contributed by atoms with Gasteiger partial charge >= 0.3 is 11.4 Å². The number of aromatic nitrogens is 4. The number of aromatic amines is 1. The molecule has 0 amide bonds. The predicted molar refractivity (Wildman–Crippen MR) is 128 cm³/mol. The Hall–Kier alpha value is -3.92. The van der Waals surface area contributed by atoms with Crippen molar-refractivity contribution in [3.05, 3.63) is 95.9 Å². The van der Waals surface area contributed by atoms with E-state index in [-0.39, 0.29) is 40.8 Å². The zero-order chi connectivity index (χ0) is 24.2. The lowest BCUT2D eigenvalue weighted by Crippen LogP contribution is -2.31. The summed E-state index contributed by atoms with van der Waals surface area (Å²) in [6.45, 7) is 2.57. The van der Waals surface area contributed by atoms with Crippen LogP contribution in [0.15, 0.2) is 58.1 Å². The Labute approximate surface area is 198 Å². The van der Waals surface area contributed by atoms with Crippen LogP contribution in [-0.2, 0) is 19.7 Å². The maximum Gasteiger partial charge on any atom is 0.330 e. The molecule has 0 saturated carbocycles. The molecule has 0 saturated heterocycles. The third kappa shape index (κ3) is 4.72. The fourth-order valence-corrected chi connectivity index (χ4v) is 3.86. The number of rotatable bonds is 9. The minimum absolute atomic E-state index is 0.0269. The Morgan fingerprint density at radius 2 is 1.91 bits per heavy atom. The molecule has 0 fully saturated rings. The number of hydrogen-bond acceptors (Lipinski definition) is 6. The van der Waals surface area contributed by atoms with E-state index in [4.69, 9.17) is 16.3 Å². The van der Waals surface area contributed by atoms with Gasteiger partial charge in [-0.2, -0.15) is 0 Å². The summed E-state index contributed by atoms with van der Waals surface area (Å²) in [7, 11) is 0. The monoisotopic (exact) mass is 483 g/mol. The topological polar surface area (TPSA) is 125 Å². The van der Waals surface area contributed by atoms with E-state index < -0.39 is 16.2 Å². The standard InChI is InChI=1S/C23H22ClN5O5/c1-2-3-11-27-19(14-34-18-10-9-16(24)12-17(18)29(32)33)25-21-20(27)22(30)26-23(31)28(21)13-15-7-5-4-6-8-15/h4-10,12H,2-3,11,13-14H2,1H3,(H,26,30,31). The van der Waals surface area contributed by atoms with Crippen molar-refractivity contribution in [1.29, 1.82) is 0 Å². The van der Waals surface area contributed by atoms with Crippen LogP contribution in [0.5, 0.6) is 5.75 Å². The van der Waals surface area contributed by atoms with Gasteiger partial charge in [0.2, 0.25) is 0 Å². The molecule has 0 bridgehead atoms. The molecule has 0 aliphatic carbocycles. The van der Waals surface area contributed by atoms with Crippen molar-refractivity contribution in [2.24, 2.45) is 0 Å². The van der Waals surface area contributed by atoms with Crippen LogP contribution < -0.4 is 16.0 Å². The van der Waals surface area contributed by atoms with E-state index >= 15 is 0 Å². The van der Waals surface area contributed by atoms with Crippen molar-refractivity contribution in [3.8, 4) is 5.75 Å². The van der Waals surface area contributed by atoms with Gasteiger partial charge in [0.15, 0.2) is 16.9 Å². The van der Waals surface area contributed by atoms with Crippen molar-refractivity contribution >= 4 is 28.5 Å². The van der Waals surface area contributed by atoms with E-state index in [2.05, 4.69) is 9.97 Å². The number of aryl methyl sites for hydroxylation is 1. The number of halogens is 1. The number of unbranched alkanes of at least 4 members (excludes halogenated alkanes) is 1. The molecule has 10 nitrogen and oxygen atoms in total. The van der Waals surface area contributed by atoms with Crippen LogP contribution in [0.1, 0.15) is 31.2 Å². The summed E-state index contributed by atoms with van der Waals surface area (Å²) in [5, 5.41) is 11.6. The maximum absolute atomic E-state index is 12.8. The average molecular weight is 484 g/mol. The lowest BCUT2D eigenvalue weighted by molar-refractivity contribution is -0.385. The number of nitro benzene ring substituents is 1. The van der Waals surface area contributed by atoms with Crippen LogP contribution in [0, 0.1) is 10.1 Å². The molecule has 11 heteroatoms. The number of hydrogen-bond donors (Lipinski definition) is 1. The number of nitrogens with one attached hydrogen (secondary N) is 1. The molecule has 0 unspecified atom stereocenters. The molecule has 0 spiro atoms. The summed E-state index contributed by atoms with van der Waals surface area (Å²) in [5.41, 5.74) is -0.0248. The summed E-state index contributed by atoms with van der Waals surface area (Å²) in [5.74, 6) is 0.407. The Kier molecular flexibility index (Phi) is 6.78. The Morgan fingerprint density at radius 1 is 1.15 bits per heavy atom. The second-order valence-electron chi connectivity index (χ2n) is 7.69. The van der Waals surface area contributed by atoms with E-state index in [1.54, 1.807) is 4.57 Å². The van der Waals surface area contributed by atoms with Gasteiger partial charge in [-0.15, -0.1) is 0 Å². The molecule has 0 radical (unpaired) electrons. The van der Waals surface area contributed by atoms with Crippen molar-refractivity contribution in [2.75, 3.05) is 0 Å². The second-order valence-corrected chi connectivity index (χ2v) is 8.13. The van der Waals surface area contributed by atoms with Gasteiger partial charge in [-0.3, -0.25) is 24.5 Å². The average Bonchev–Trinajstić information content (AvgIpc) is 3.18. The molecule has 2 aromatic carbocycles. The fourth-order valence-electron chi connectivity index (χ4n) is 3.70. The zero-order valence-electron chi connectivity index (χ0n) is 18.4. The molecule has 4 rings (SSSR count). The van der Waals surface area contributed by atoms with Gasteiger partial charge in [0.25, 0.3) is 5.56 Å². The normalized spacial score (nSPS) is 11.1. The van der Waals surface area contributed by atoms with E-state index in [0.29, 0.717) is 12.4 Å². The van der Waals surface area contributed by atoms with Crippen LogP contribution in [0.25, 0.3) is 11.2 Å². The molecule has 0 aliphatic rings. The highest BCUT2D eigenvalue weighted by Crippen LogP contribution is 2.30. The van der Waals surface area contributed by atoms with Gasteiger partial charge < -0.3 is 9.30 Å². The summed E-state index contributed by atoms with van der Waals surface area (Å²) >= 11 is 5.88. The SMILES string of the molecule is CCCCn1c(COc2ccc(Cl)cc2[N+](=O)[O-])nc2c1c(=O)[nH]c(=O)n2Cc1ccccc1. The molecular weight excluding hydrogens is 462 g/mol. The van der Waals surface area contributed by atoms with Gasteiger partial charge in [0.05, 0.1) is 11.5 Å². The Morgan fingerprint density at radius 3 is 2.62 bits per heavy atom. The predicted octanol–water partition coefficient (Wildman–Crippen LogP) is 3.88. The third-order valence-corrected chi connectivity index (χ3v) is 5.59. The molecule has 34 heavy (non-hydrogen) atoms. The molecule has 4 aromatic rings. The van der Waals surface area contributed by atoms with Crippen molar-refractivity contribution in [1.82, 2.24) is 19.1 Å². The number of H-pyrrole nitrogens is 1. The van der Waals surface area contributed by atoms with Gasteiger partial charge in [-0.25, -0.2) is 9.78 Å². The largest absolute Gasteiger partial charge is 0.479 e. The first-order valence-corrected chi connectivity index (χ1v) is 11.1. The molecule has 0 atom stereocenters. The maximum atomic E-state index is 12.8. The zero-order valence-corrected chi connectivity index (χ0v) is 19.1. The number of nitrogens with zero attached hydrogens (tertiary/aromatic N) is 4. The quantitative estimate of drug-likeness (QED) is 0.284. The van der Waals surface area contributed by atoms with Crippen molar-refractivity contribution in [2.45, 2.75) is 39.5 Å².